The molecule has 2 heterocycles. The molecule has 10 rings (SSSR count). The number of hydrogen-bond donors (Lipinski definition) is 2. The SMILES string of the molecule is C=CC[C@]1(NS(=O)C(C)(C)C)[C@@H]2CC[C@H]1Cc1ccc(OCc3ccccc3)cc1C2.CCCC1CC[C@]2(NS1(=O)=O)[C@@H]1CC[C@H]2Cc2ccc(-c3cc(-c4ccc(Cl)cc4)n(C)n3)cc2C1. The van der Waals surface area contributed by atoms with Gasteiger partial charge in [-0.15, -0.1) is 6.58 Å². The summed E-state index contributed by atoms with van der Waals surface area (Å²) in [5.74, 6) is 2.58. The van der Waals surface area contributed by atoms with Crippen LogP contribution in [0.25, 0.3) is 22.5 Å². The quantitative estimate of drug-likeness (QED) is 0.128. The lowest BCUT2D eigenvalue weighted by Gasteiger charge is -2.45. The highest BCUT2D eigenvalue weighted by molar-refractivity contribution is 7.90. The minimum atomic E-state index is -3.28. The maximum atomic E-state index is 13.2. The van der Waals surface area contributed by atoms with Gasteiger partial charge in [-0.1, -0.05) is 91.7 Å². The summed E-state index contributed by atoms with van der Waals surface area (Å²) in [6, 6.07) is 33.6. The summed E-state index contributed by atoms with van der Waals surface area (Å²) in [6.07, 6.45) is 14.7. The molecule has 0 amide bonds. The predicted molar refractivity (Wildman–Crippen MR) is 275 cm³/mol. The molecule has 8 nitrogen and oxygen atoms in total. The molecule has 4 aromatic carbocycles. The van der Waals surface area contributed by atoms with Crippen molar-refractivity contribution in [3.05, 3.63) is 143 Å². The van der Waals surface area contributed by atoms with Crippen molar-refractivity contribution in [3.63, 3.8) is 0 Å². The van der Waals surface area contributed by atoms with E-state index in [1.54, 1.807) is 0 Å². The molecule has 356 valence electrons. The lowest BCUT2D eigenvalue weighted by Crippen LogP contribution is -2.61. The first-order valence-corrected chi connectivity index (χ1v) is 27.7. The number of ether oxygens (including phenoxy) is 1. The van der Waals surface area contributed by atoms with Gasteiger partial charge >= 0.3 is 0 Å². The number of fused-ring (bicyclic) bond motifs is 4. The van der Waals surface area contributed by atoms with Crippen molar-refractivity contribution in [1.29, 1.82) is 0 Å². The predicted octanol–water partition coefficient (Wildman–Crippen LogP) is 11.9. The van der Waals surface area contributed by atoms with Crippen molar-refractivity contribution in [1.82, 2.24) is 19.2 Å². The average Bonchev–Trinajstić information content (AvgIpc) is 3.88. The van der Waals surface area contributed by atoms with Crippen LogP contribution in [0.15, 0.2) is 110 Å². The Morgan fingerprint density at radius 2 is 1.45 bits per heavy atom. The van der Waals surface area contributed by atoms with Gasteiger partial charge in [0.15, 0.2) is 0 Å². The molecule has 4 bridgehead atoms. The molecule has 2 N–H and O–H groups in total. The lowest BCUT2D eigenvalue weighted by molar-refractivity contribution is 0.188. The van der Waals surface area contributed by atoms with E-state index in [0.29, 0.717) is 30.3 Å². The number of nitrogens with one attached hydrogen (secondary N) is 2. The summed E-state index contributed by atoms with van der Waals surface area (Å²) in [4.78, 5) is 0. The number of aryl methyl sites for hydroxylation is 1. The smallest absolute Gasteiger partial charge is 0.215 e. The van der Waals surface area contributed by atoms with Crippen LogP contribution in [0.1, 0.15) is 113 Å². The van der Waals surface area contributed by atoms with E-state index < -0.39 is 21.0 Å². The van der Waals surface area contributed by atoms with E-state index >= 15 is 0 Å². The molecule has 5 aromatic rings. The Hall–Kier alpha value is -4.06. The molecule has 1 aromatic heterocycles. The van der Waals surface area contributed by atoms with Gasteiger partial charge in [0.1, 0.15) is 12.4 Å². The largest absolute Gasteiger partial charge is 0.489 e. The van der Waals surface area contributed by atoms with Crippen LogP contribution in [0.4, 0.5) is 0 Å². The molecule has 2 saturated carbocycles. The standard InChI is InChI=1S/C29H34ClN3O2S.C27H35NO2S/c1-3-4-26-13-14-29(32-36(26,34)35)23-9-10-24(29)17-22-15-21(6-5-20(22)16-23)27-18-28(33(2)31-27)19-7-11-25(30)12-8-19;1-5-15-27(28-31(29)26(2,3)4)23-12-13-24(27)17-22-18-25(14-11-21(22)16-23)30-19-20-9-7-6-8-10-20/h5-8,11-12,15,18,23-24,26,32H,3-4,9-10,13-14,16-17H2,1-2H3;5-11,14,18,23-24,28H,1,12-13,15-17,19H2,2-4H3/t23-,24+,26?,29+;23-,24+,27+,31?/m00/s1. The van der Waals surface area contributed by atoms with Crippen LogP contribution in [-0.2, 0) is 60.3 Å². The number of halogens is 1. The van der Waals surface area contributed by atoms with E-state index in [2.05, 4.69) is 77.5 Å². The van der Waals surface area contributed by atoms with Gasteiger partial charge in [-0.2, -0.15) is 5.10 Å². The summed E-state index contributed by atoms with van der Waals surface area (Å²) in [5, 5.41) is 5.31. The van der Waals surface area contributed by atoms with Gasteiger partial charge in [-0.25, -0.2) is 22.1 Å². The summed E-state index contributed by atoms with van der Waals surface area (Å²) < 4.78 is 54.3. The van der Waals surface area contributed by atoms with Crippen molar-refractivity contribution in [2.75, 3.05) is 0 Å². The Morgan fingerprint density at radius 3 is 2.10 bits per heavy atom. The van der Waals surface area contributed by atoms with Crippen molar-refractivity contribution in [2.24, 2.45) is 30.7 Å². The zero-order valence-corrected chi connectivity index (χ0v) is 42.4. The molecular formula is C56H69ClN4O4S2. The van der Waals surface area contributed by atoms with Crippen LogP contribution in [0.2, 0.25) is 5.02 Å². The first kappa shape index (κ1) is 48.0. The number of benzene rings is 4. The monoisotopic (exact) mass is 960 g/mol. The second-order valence-electron chi connectivity index (χ2n) is 21.1. The van der Waals surface area contributed by atoms with E-state index in [-0.39, 0.29) is 21.1 Å². The third-order valence-corrected chi connectivity index (χ3v) is 20.0. The van der Waals surface area contributed by atoms with Crippen LogP contribution in [0.3, 0.4) is 0 Å². The molecule has 1 aliphatic heterocycles. The molecular weight excluding hydrogens is 892 g/mol. The highest BCUT2D eigenvalue weighted by Crippen LogP contribution is 2.53. The normalized spacial score (nSPS) is 27.5. The van der Waals surface area contributed by atoms with Gasteiger partial charge in [0.05, 0.1) is 32.4 Å². The fourth-order valence-electron chi connectivity index (χ4n) is 12.5. The van der Waals surface area contributed by atoms with Gasteiger partial charge < -0.3 is 4.74 Å². The van der Waals surface area contributed by atoms with Crippen molar-refractivity contribution >= 4 is 32.6 Å². The molecule has 67 heavy (non-hydrogen) atoms. The molecule has 4 aliphatic carbocycles. The lowest BCUT2D eigenvalue weighted by atomic mass is 9.76. The Bertz CT molecular complexity index is 2720. The van der Waals surface area contributed by atoms with Crippen molar-refractivity contribution in [2.45, 2.75) is 139 Å². The second kappa shape index (κ2) is 19.4. The van der Waals surface area contributed by atoms with Crippen molar-refractivity contribution in [3.8, 4) is 28.3 Å². The van der Waals surface area contributed by atoms with Crippen LogP contribution in [0.5, 0.6) is 5.75 Å². The molecule has 5 aliphatic rings. The number of aromatic nitrogens is 2. The molecule has 1 saturated heterocycles. The van der Waals surface area contributed by atoms with Crippen LogP contribution >= 0.6 is 11.6 Å². The van der Waals surface area contributed by atoms with E-state index in [4.69, 9.17) is 21.4 Å². The summed E-state index contributed by atoms with van der Waals surface area (Å²) in [7, 11) is -2.40. The maximum absolute atomic E-state index is 13.2. The zero-order chi connectivity index (χ0) is 47.1. The highest BCUT2D eigenvalue weighted by Gasteiger charge is 2.56. The molecule has 11 heteroatoms. The fraction of sp³-hybridized carbons (Fsp3) is 0.482. The number of rotatable bonds is 11. The molecule has 8 atom stereocenters. The van der Waals surface area contributed by atoms with Gasteiger partial charge in [0, 0.05) is 28.7 Å². The number of sulfonamides is 1. The van der Waals surface area contributed by atoms with Gasteiger partial charge in [0.25, 0.3) is 0 Å². The molecule has 2 unspecified atom stereocenters. The van der Waals surface area contributed by atoms with E-state index in [1.807, 2.05) is 81.0 Å². The fourth-order valence-corrected chi connectivity index (χ4v) is 15.8. The number of nitrogens with zero attached hydrogens (tertiary/aromatic N) is 2. The van der Waals surface area contributed by atoms with E-state index in [0.717, 1.165) is 104 Å². The third kappa shape index (κ3) is 9.77. The van der Waals surface area contributed by atoms with Gasteiger partial charge in [-0.3, -0.25) is 4.68 Å². The zero-order valence-electron chi connectivity index (χ0n) is 40.0. The minimum absolute atomic E-state index is 0.149. The highest BCUT2D eigenvalue weighted by atomic mass is 35.5. The summed E-state index contributed by atoms with van der Waals surface area (Å²) in [5.41, 5.74) is 10.5. The Labute approximate surface area is 407 Å². The second-order valence-corrected chi connectivity index (χ2v) is 25.5. The van der Waals surface area contributed by atoms with Gasteiger partial charge in [-0.05, 0) is 191 Å². The van der Waals surface area contributed by atoms with Crippen LogP contribution < -0.4 is 14.2 Å². The van der Waals surface area contributed by atoms with Crippen LogP contribution in [-0.4, -0.2) is 43.5 Å². The van der Waals surface area contributed by atoms with Gasteiger partial charge in [0.2, 0.25) is 10.0 Å². The topological polar surface area (TPSA) is 102 Å². The molecule has 3 fully saturated rings. The maximum Gasteiger partial charge on any atom is 0.215 e. The first-order chi connectivity index (χ1) is 32.1. The minimum Gasteiger partial charge on any atom is -0.489 e. The van der Waals surface area contributed by atoms with Crippen molar-refractivity contribution < 1.29 is 17.4 Å². The third-order valence-electron chi connectivity index (χ3n) is 16.0. The molecule has 1 spiro atoms. The Kier molecular flexibility index (Phi) is 13.9. The Balaban J connectivity index is 0.000000170. The first-order valence-electron chi connectivity index (χ1n) is 24.6. The van der Waals surface area contributed by atoms with E-state index in [1.165, 1.54) is 40.7 Å². The average molecular weight is 962 g/mol. The molecule has 0 radical (unpaired) electrons. The Morgan fingerprint density at radius 1 is 0.836 bits per heavy atom. The summed E-state index contributed by atoms with van der Waals surface area (Å²) in [6.45, 7) is 12.8. The summed E-state index contributed by atoms with van der Waals surface area (Å²) >= 11 is 6.08. The van der Waals surface area contributed by atoms with E-state index in [9.17, 15) is 12.6 Å². The number of hydrogen-bond acceptors (Lipinski definition) is 5. The van der Waals surface area contributed by atoms with Crippen LogP contribution in [0, 0.1) is 23.7 Å².